The number of amides is 1. The molecule has 1 saturated heterocycles. The van der Waals surface area contributed by atoms with Crippen LogP contribution < -0.4 is 10.6 Å². The van der Waals surface area contributed by atoms with Gasteiger partial charge in [-0.1, -0.05) is 41.9 Å². The van der Waals surface area contributed by atoms with Gasteiger partial charge in [0, 0.05) is 17.3 Å². The molecule has 8 heteroatoms. The molecule has 0 radical (unpaired) electrons. The zero-order chi connectivity index (χ0) is 20.7. The third-order valence-corrected chi connectivity index (χ3v) is 6.46. The zero-order valence-electron chi connectivity index (χ0n) is 15.6. The van der Waals surface area contributed by atoms with E-state index in [1.807, 2.05) is 52.3 Å². The summed E-state index contributed by atoms with van der Waals surface area (Å²) >= 11 is 11.8. The Morgan fingerprint density at radius 3 is 2.38 bits per heavy atom. The summed E-state index contributed by atoms with van der Waals surface area (Å²) in [7, 11) is 0. The highest BCUT2D eigenvalue weighted by molar-refractivity contribution is 7.80. The van der Waals surface area contributed by atoms with Crippen molar-refractivity contribution in [3.8, 4) is 0 Å². The lowest BCUT2D eigenvalue weighted by molar-refractivity contribution is -0.129. The highest BCUT2D eigenvalue weighted by Gasteiger charge is 2.56. The van der Waals surface area contributed by atoms with E-state index in [4.69, 9.17) is 29.6 Å². The number of primary amides is 1. The van der Waals surface area contributed by atoms with E-state index in [-0.39, 0.29) is 6.42 Å². The molecule has 2 aliphatic rings. The molecule has 1 aliphatic carbocycles. The Balaban J connectivity index is 1.79. The fourth-order valence-corrected chi connectivity index (χ4v) is 4.96. The standard InChI is InChI=1S/C21H22ClN3O3S/c22-13-6-8-14(9-7-13)25-17-15(20(23)28)10-16(26)19(27)18(17)24(21(25)29)11-12-4-2-1-3-5-12/h1-9,15-19,26-27H,10-11H2,(H2,23,28). The van der Waals surface area contributed by atoms with E-state index in [1.54, 1.807) is 12.1 Å². The summed E-state index contributed by atoms with van der Waals surface area (Å²) in [5, 5.41) is 22.4. The van der Waals surface area contributed by atoms with Crippen molar-refractivity contribution in [1.29, 1.82) is 0 Å². The predicted molar refractivity (Wildman–Crippen MR) is 115 cm³/mol. The minimum Gasteiger partial charge on any atom is -0.390 e. The fraction of sp³-hybridized carbons (Fsp3) is 0.333. The van der Waals surface area contributed by atoms with Crippen LogP contribution in [0, 0.1) is 5.92 Å². The zero-order valence-corrected chi connectivity index (χ0v) is 17.1. The molecule has 152 valence electrons. The maximum atomic E-state index is 12.3. The number of carbonyl (C=O) groups is 1. The van der Waals surface area contributed by atoms with Crippen LogP contribution in [-0.2, 0) is 11.3 Å². The third kappa shape index (κ3) is 3.59. The average molecular weight is 432 g/mol. The lowest BCUT2D eigenvalue weighted by atomic mass is 9.76. The van der Waals surface area contributed by atoms with Gasteiger partial charge in [0.25, 0.3) is 0 Å². The van der Waals surface area contributed by atoms with Crippen LogP contribution in [-0.4, -0.2) is 50.4 Å². The molecular formula is C21H22ClN3O3S. The number of hydrogen-bond acceptors (Lipinski definition) is 4. The molecule has 2 fully saturated rings. The number of benzene rings is 2. The van der Waals surface area contributed by atoms with Crippen LogP contribution in [0.15, 0.2) is 54.6 Å². The van der Waals surface area contributed by atoms with Crippen LogP contribution >= 0.6 is 23.8 Å². The molecule has 0 bridgehead atoms. The Labute approximate surface area is 179 Å². The molecule has 1 saturated carbocycles. The number of nitrogens with zero attached hydrogens (tertiary/aromatic N) is 2. The summed E-state index contributed by atoms with van der Waals surface area (Å²) in [4.78, 5) is 16.0. The quantitative estimate of drug-likeness (QED) is 0.641. The number of aliphatic hydroxyl groups is 2. The number of anilines is 1. The summed E-state index contributed by atoms with van der Waals surface area (Å²) in [5.41, 5.74) is 7.47. The lowest BCUT2D eigenvalue weighted by Gasteiger charge is -2.42. The number of carbonyl (C=O) groups excluding carboxylic acids is 1. The minimum atomic E-state index is -1.06. The summed E-state index contributed by atoms with van der Waals surface area (Å²) in [6, 6.07) is 15.8. The van der Waals surface area contributed by atoms with Gasteiger partial charge in [0.05, 0.1) is 24.1 Å². The third-order valence-electron chi connectivity index (χ3n) is 5.78. The number of halogens is 1. The lowest BCUT2D eigenvalue weighted by Crippen LogP contribution is -2.60. The average Bonchev–Trinajstić information content (AvgIpc) is 2.98. The summed E-state index contributed by atoms with van der Waals surface area (Å²) in [6.07, 6.45) is -2.03. The number of nitrogens with two attached hydrogens (primary N) is 1. The smallest absolute Gasteiger partial charge is 0.222 e. The Bertz CT molecular complexity index is 911. The molecule has 1 amide bonds. The second-order valence-corrected chi connectivity index (χ2v) is 8.33. The monoisotopic (exact) mass is 431 g/mol. The molecule has 4 N–H and O–H groups in total. The summed E-state index contributed by atoms with van der Waals surface area (Å²) in [5.74, 6) is -1.18. The van der Waals surface area contributed by atoms with E-state index in [1.165, 1.54) is 0 Å². The summed E-state index contributed by atoms with van der Waals surface area (Å²) < 4.78 is 0. The highest BCUT2D eigenvalue weighted by Crippen LogP contribution is 2.41. The molecule has 2 aromatic rings. The van der Waals surface area contributed by atoms with Crippen molar-refractivity contribution in [2.45, 2.75) is 37.3 Å². The van der Waals surface area contributed by atoms with Gasteiger partial charge in [0.15, 0.2) is 5.11 Å². The minimum absolute atomic E-state index is 0.0869. The van der Waals surface area contributed by atoms with Crippen LogP contribution in [0.4, 0.5) is 5.69 Å². The molecule has 0 spiro atoms. The Kier molecular flexibility index (Phi) is 5.48. The maximum Gasteiger partial charge on any atom is 0.222 e. The molecule has 4 rings (SSSR count). The van der Waals surface area contributed by atoms with Gasteiger partial charge in [0.2, 0.25) is 5.91 Å². The van der Waals surface area contributed by atoms with Gasteiger partial charge in [-0.05, 0) is 48.5 Å². The van der Waals surface area contributed by atoms with Crippen molar-refractivity contribution >= 4 is 40.5 Å². The first kappa shape index (κ1) is 20.1. The Hall–Kier alpha value is -2.19. The van der Waals surface area contributed by atoms with Gasteiger partial charge in [-0.15, -0.1) is 0 Å². The number of rotatable bonds is 4. The van der Waals surface area contributed by atoms with E-state index in [0.29, 0.717) is 16.7 Å². The van der Waals surface area contributed by atoms with Crippen LogP contribution in [0.1, 0.15) is 12.0 Å². The van der Waals surface area contributed by atoms with E-state index in [0.717, 1.165) is 11.3 Å². The van der Waals surface area contributed by atoms with Crippen LogP contribution in [0.5, 0.6) is 0 Å². The first-order valence-corrected chi connectivity index (χ1v) is 10.2. The number of aliphatic hydroxyl groups excluding tert-OH is 2. The van der Waals surface area contributed by atoms with E-state index in [9.17, 15) is 15.0 Å². The summed E-state index contributed by atoms with van der Waals surface area (Å²) in [6.45, 7) is 0.445. The SMILES string of the molecule is NC(=O)C1CC(O)C(O)C2C1N(c1ccc(Cl)cc1)C(=S)N2Cc1ccccc1. The second-order valence-electron chi connectivity index (χ2n) is 7.53. The van der Waals surface area contributed by atoms with E-state index >= 15 is 0 Å². The molecule has 5 unspecified atom stereocenters. The number of fused-ring (bicyclic) bond motifs is 1. The van der Waals surface area contributed by atoms with Gasteiger partial charge in [-0.2, -0.15) is 0 Å². The van der Waals surface area contributed by atoms with Crippen LogP contribution in [0.25, 0.3) is 0 Å². The Morgan fingerprint density at radius 2 is 1.76 bits per heavy atom. The van der Waals surface area contributed by atoms with Gasteiger partial charge < -0.3 is 25.7 Å². The fourth-order valence-electron chi connectivity index (χ4n) is 4.42. The molecule has 6 nitrogen and oxygen atoms in total. The largest absolute Gasteiger partial charge is 0.390 e. The first-order chi connectivity index (χ1) is 13.9. The van der Waals surface area contributed by atoms with Gasteiger partial charge in [0.1, 0.15) is 6.10 Å². The number of hydrogen-bond donors (Lipinski definition) is 3. The number of thiocarbonyl (C=S) groups is 1. The maximum absolute atomic E-state index is 12.3. The molecule has 2 aromatic carbocycles. The van der Waals surface area contributed by atoms with Crippen molar-refractivity contribution in [3.05, 3.63) is 65.2 Å². The molecule has 1 aliphatic heterocycles. The van der Waals surface area contributed by atoms with Crippen molar-refractivity contribution in [1.82, 2.24) is 4.90 Å². The van der Waals surface area contributed by atoms with Crippen LogP contribution in [0.2, 0.25) is 5.02 Å². The van der Waals surface area contributed by atoms with Gasteiger partial charge in [-0.25, -0.2) is 0 Å². The topological polar surface area (TPSA) is 90.0 Å². The van der Waals surface area contributed by atoms with Crippen molar-refractivity contribution in [3.63, 3.8) is 0 Å². The van der Waals surface area contributed by atoms with Crippen molar-refractivity contribution < 1.29 is 15.0 Å². The van der Waals surface area contributed by atoms with E-state index < -0.39 is 36.1 Å². The normalized spacial score (nSPS) is 29.1. The van der Waals surface area contributed by atoms with Crippen molar-refractivity contribution in [2.75, 3.05) is 4.90 Å². The molecular weight excluding hydrogens is 410 g/mol. The molecule has 29 heavy (non-hydrogen) atoms. The predicted octanol–water partition coefficient (Wildman–Crippen LogP) is 1.91. The van der Waals surface area contributed by atoms with Gasteiger partial charge in [-0.3, -0.25) is 4.79 Å². The molecule has 0 aromatic heterocycles. The van der Waals surface area contributed by atoms with Gasteiger partial charge >= 0.3 is 0 Å². The Morgan fingerprint density at radius 1 is 1.10 bits per heavy atom. The van der Waals surface area contributed by atoms with Crippen molar-refractivity contribution in [2.24, 2.45) is 11.7 Å². The first-order valence-electron chi connectivity index (χ1n) is 9.43. The second kappa shape index (κ2) is 7.91. The van der Waals surface area contributed by atoms with E-state index in [2.05, 4.69) is 0 Å². The molecule has 5 atom stereocenters. The highest BCUT2D eigenvalue weighted by atomic mass is 35.5. The van der Waals surface area contributed by atoms with Crippen LogP contribution in [0.3, 0.4) is 0 Å². The molecule has 1 heterocycles.